The predicted molar refractivity (Wildman–Crippen MR) is 126 cm³/mol. The Morgan fingerprint density at radius 1 is 0.906 bits per heavy atom. The van der Waals surface area contributed by atoms with E-state index in [1.807, 2.05) is 4.90 Å². The van der Waals surface area contributed by atoms with Crippen LogP contribution < -0.4 is 11.2 Å². The van der Waals surface area contributed by atoms with Gasteiger partial charge in [0.15, 0.2) is 0 Å². The van der Waals surface area contributed by atoms with Crippen LogP contribution in [0.1, 0.15) is 24.5 Å². The Morgan fingerprint density at radius 2 is 1.66 bits per heavy atom. The van der Waals surface area contributed by atoms with Crippen molar-refractivity contribution < 1.29 is 4.79 Å². The zero-order chi connectivity index (χ0) is 22.7. The second-order valence-corrected chi connectivity index (χ2v) is 8.43. The molecule has 3 aromatic rings. The third kappa shape index (κ3) is 4.53. The normalized spacial score (nSPS) is 15.1. The minimum atomic E-state index is -0.430. The van der Waals surface area contributed by atoms with E-state index in [0.717, 1.165) is 26.1 Å². The Kier molecular flexibility index (Phi) is 6.55. The van der Waals surface area contributed by atoms with Crippen LogP contribution in [0.15, 0.2) is 58.1 Å². The van der Waals surface area contributed by atoms with E-state index in [9.17, 15) is 14.4 Å². The number of carbonyl (C=O) groups is 1. The van der Waals surface area contributed by atoms with Crippen molar-refractivity contribution in [2.45, 2.75) is 39.9 Å². The molecule has 168 valence electrons. The Morgan fingerprint density at radius 3 is 2.41 bits per heavy atom. The van der Waals surface area contributed by atoms with E-state index in [-0.39, 0.29) is 24.6 Å². The molecule has 1 saturated heterocycles. The highest BCUT2D eigenvalue weighted by molar-refractivity contribution is 5.81. The molecule has 1 amide bonds. The van der Waals surface area contributed by atoms with Gasteiger partial charge in [0.05, 0.1) is 10.9 Å². The summed E-state index contributed by atoms with van der Waals surface area (Å²) in [5.74, 6) is -0.0873. The predicted octanol–water partition coefficient (Wildman–Crippen LogP) is 2.23. The van der Waals surface area contributed by atoms with Gasteiger partial charge in [-0.15, -0.1) is 0 Å². The molecule has 0 bridgehead atoms. The molecule has 0 unspecified atom stereocenters. The lowest BCUT2D eigenvalue weighted by Gasteiger charge is -2.23. The molecule has 1 aliphatic rings. The molecule has 2 aromatic carbocycles. The van der Waals surface area contributed by atoms with Crippen LogP contribution in [-0.2, 0) is 24.4 Å². The first-order valence-corrected chi connectivity index (χ1v) is 11.3. The highest BCUT2D eigenvalue weighted by atomic mass is 16.2. The van der Waals surface area contributed by atoms with Gasteiger partial charge in [0.2, 0.25) is 5.91 Å². The van der Waals surface area contributed by atoms with Crippen LogP contribution in [0.5, 0.6) is 0 Å². The minimum absolute atomic E-state index is 0.0579. The quantitative estimate of drug-likeness (QED) is 0.618. The maximum atomic E-state index is 13.2. The number of rotatable bonds is 5. The lowest BCUT2D eigenvalue weighted by atomic mass is 10.1. The summed E-state index contributed by atoms with van der Waals surface area (Å²) >= 11 is 0. The minimum Gasteiger partial charge on any atom is -0.340 e. The highest BCUT2D eigenvalue weighted by Crippen LogP contribution is 2.12. The van der Waals surface area contributed by atoms with E-state index in [0.29, 0.717) is 24.0 Å². The van der Waals surface area contributed by atoms with Gasteiger partial charge in [-0.2, -0.15) is 0 Å². The van der Waals surface area contributed by atoms with E-state index < -0.39 is 5.69 Å². The van der Waals surface area contributed by atoms with Crippen LogP contribution in [-0.4, -0.2) is 51.0 Å². The van der Waals surface area contributed by atoms with E-state index in [1.54, 1.807) is 31.2 Å². The summed E-state index contributed by atoms with van der Waals surface area (Å²) in [6, 6.07) is 15.6. The Balaban J connectivity index is 1.50. The van der Waals surface area contributed by atoms with Gasteiger partial charge in [-0.3, -0.25) is 23.6 Å². The topological polar surface area (TPSA) is 67.6 Å². The van der Waals surface area contributed by atoms with Gasteiger partial charge in [-0.25, -0.2) is 4.79 Å². The van der Waals surface area contributed by atoms with E-state index in [2.05, 4.69) is 36.1 Å². The molecule has 0 aliphatic carbocycles. The summed E-state index contributed by atoms with van der Waals surface area (Å²) in [7, 11) is 0. The fourth-order valence-electron chi connectivity index (χ4n) is 4.37. The zero-order valence-electron chi connectivity index (χ0n) is 18.8. The molecule has 32 heavy (non-hydrogen) atoms. The molecule has 2 heterocycles. The number of carbonyl (C=O) groups excluding carboxylic acids is 1. The van der Waals surface area contributed by atoms with Crippen molar-refractivity contribution in [2.24, 2.45) is 0 Å². The summed E-state index contributed by atoms with van der Waals surface area (Å²) in [6.45, 7) is 7.96. The molecule has 0 N–H and O–H groups in total. The molecular weight excluding hydrogens is 404 g/mol. The third-order valence-corrected chi connectivity index (χ3v) is 6.21. The Bertz CT molecular complexity index is 1230. The maximum Gasteiger partial charge on any atom is 0.331 e. The zero-order valence-corrected chi connectivity index (χ0v) is 18.8. The van der Waals surface area contributed by atoms with Gasteiger partial charge in [0, 0.05) is 39.3 Å². The molecule has 0 spiro atoms. The summed E-state index contributed by atoms with van der Waals surface area (Å²) in [6.07, 6.45) is 0.891. The molecule has 0 saturated carbocycles. The lowest BCUT2D eigenvalue weighted by Crippen LogP contribution is -2.44. The average molecular weight is 435 g/mol. The second-order valence-electron chi connectivity index (χ2n) is 8.43. The molecule has 0 atom stereocenters. The van der Waals surface area contributed by atoms with Crippen LogP contribution in [0.25, 0.3) is 10.9 Å². The average Bonchev–Trinajstić information content (AvgIpc) is 3.04. The van der Waals surface area contributed by atoms with E-state index in [4.69, 9.17) is 0 Å². The van der Waals surface area contributed by atoms with Crippen molar-refractivity contribution in [1.29, 1.82) is 0 Å². The van der Waals surface area contributed by atoms with Crippen molar-refractivity contribution in [1.82, 2.24) is 18.9 Å². The van der Waals surface area contributed by atoms with Gasteiger partial charge < -0.3 is 4.90 Å². The number of para-hydroxylation sites is 1. The Hall–Kier alpha value is -3.19. The SMILES string of the molecule is CCn1c(=O)c2ccccc2n(CC(=O)N2CCCN(Cc3ccc(C)cc3)CC2)c1=O. The molecule has 7 heteroatoms. The van der Waals surface area contributed by atoms with Gasteiger partial charge in [-0.05, 0) is 38.0 Å². The van der Waals surface area contributed by atoms with Crippen LogP contribution in [0.3, 0.4) is 0 Å². The van der Waals surface area contributed by atoms with Crippen molar-refractivity contribution in [3.05, 3.63) is 80.5 Å². The van der Waals surface area contributed by atoms with E-state index >= 15 is 0 Å². The number of fused-ring (bicyclic) bond motifs is 1. The second kappa shape index (κ2) is 9.53. The number of amides is 1. The number of hydrogen-bond acceptors (Lipinski definition) is 4. The number of benzene rings is 2. The molecule has 0 radical (unpaired) electrons. The third-order valence-electron chi connectivity index (χ3n) is 6.21. The van der Waals surface area contributed by atoms with Gasteiger partial charge in [-0.1, -0.05) is 42.0 Å². The molecule has 4 rings (SSSR count). The van der Waals surface area contributed by atoms with Crippen molar-refractivity contribution in [2.75, 3.05) is 26.2 Å². The largest absolute Gasteiger partial charge is 0.340 e. The first kappa shape index (κ1) is 22.0. The molecular formula is C25H30N4O3. The van der Waals surface area contributed by atoms with Crippen molar-refractivity contribution in [3.63, 3.8) is 0 Å². The Labute approximate surface area is 187 Å². The van der Waals surface area contributed by atoms with Crippen LogP contribution >= 0.6 is 0 Å². The summed E-state index contributed by atoms with van der Waals surface area (Å²) in [4.78, 5) is 42.9. The van der Waals surface area contributed by atoms with Crippen LogP contribution in [0, 0.1) is 6.92 Å². The van der Waals surface area contributed by atoms with Crippen molar-refractivity contribution >= 4 is 16.8 Å². The standard InChI is InChI=1S/C25H30N4O3/c1-3-28-24(31)21-7-4-5-8-22(21)29(25(28)32)18-23(30)27-14-6-13-26(15-16-27)17-20-11-9-19(2)10-12-20/h4-5,7-12H,3,6,13-18H2,1-2H3. The van der Waals surface area contributed by atoms with Crippen LogP contribution in [0.4, 0.5) is 0 Å². The summed E-state index contributed by atoms with van der Waals surface area (Å²) < 4.78 is 2.64. The summed E-state index contributed by atoms with van der Waals surface area (Å²) in [5.41, 5.74) is 2.30. The highest BCUT2D eigenvalue weighted by Gasteiger charge is 2.21. The maximum absolute atomic E-state index is 13.2. The fraction of sp³-hybridized carbons (Fsp3) is 0.400. The summed E-state index contributed by atoms with van der Waals surface area (Å²) in [5, 5.41) is 0.460. The van der Waals surface area contributed by atoms with Gasteiger partial charge >= 0.3 is 5.69 Å². The lowest BCUT2D eigenvalue weighted by molar-refractivity contribution is -0.131. The van der Waals surface area contributed by atoms with Gasteiger partial charge in [0.25, 0.3) is 5.56 Å². The first-order valence-electron chi connectivity index (χ1n) is 11.3. The molecule has 1 aromatic heterocycles. The van der Waals surface area contributed by atoms with Crippen LogP contribution in [0.2, 0.25) is 0 Å². The number of hydrogen-bond donors (Lipinski definition) is 0. The number of aryl methyl sites for hydroxylation is 1. The fourth-order valence-corrected chi connectivity index (χ4v) is 4.37. The smallest absolute Gasteiger partial charge is 0.331 e. The molecule has 7 nitrogen and oxygen atoms in total. The van der Waals surface area contributed by atoms with Crippen molar-refractivity contribution in [3.8, 4) is 0 Å². The number of nitrogens with zero attached hydrogens (tertiary/aromatic N) is 4. The monoisotopic (exact) mass is 434 g/mol. The number of aromatic nitrogens is 2. The first-order chi connectivity index (χ1) is 15.5. The van der Waals surface area contributed by atoms with E-state index in [1.165, 1.54) is 20.3 Å². The molecule has 1 fully saturated rings. The van der Waals surface area contributed by atoms with Gasteiger partial charge in [0.1, 0.15) is 6.54 Å². The molecule has 1 aliphatic heterocycles.